The summed E-state index contributed by atoms with van der Waals surface area (Å²) in [5.41, 5.74) is 0.591. The van der Waals surface area contributed by atoms with Gasteiger partial charge in [-0.05, 0) is 63.6 Å². The van der Waals surface area contributed by atoms with Gasteiger partial charge in [0.1, 0.15) is 35.0 Å². The number of aromatic nitrogens is 2. The molecule has 2 heterocycles. The van der Waals surface area contributed by atoms with Crippen LogP contribution in [-0.4, -0.2) is 67.0 Å². The van der Waals surface area contributed by atoms with Gasteiger partial charge in [0.2, 0.25) is 11.8 Å². The fourth-order valence-corrected chi connectivity index (χ4v) is 5.05. The summed E-state index contributed by atoms with van der Waals surface area (Å²) in [6.07, 6.45) is -0.927. The number of benzene rings is 2. The number of fused-ring (bicyclic) bond motifs is 1. The molecule has 0 aliphatic carbocycles. The van der Waals surface area contributed by atoms with Crippen LogP contribution in [0.5, 0.6) is 0 Å². The van der Waals surface area contributed by atoms with Crippen LogP contribution in [0, 0.1) is 11.6 Å². The second-order valence-corrected chi connectivity index (χ2v) is 11.2. The summed E-state index contributed by atoms with van der Waals surface area (Å²) in [6.45, 7) is 7.88. The number of rotatable bonds is 9. The van der Waals surface area contributed by atoms with Gasteiger partial charge in [-0.1, -0.05) is 19.1 Å². The first kappa shape index (κ1) is 30.5. The van der Waals surface area contributed by atoms with Gasteiger partial charge in [0.05, 0.1) is 13.0 Å². The predicted octanol–water partition coefficient (Wildman–Crippen LogP) is 4.98. The summed E-state index contributed by atoms with van der Waals surface area (Å²) in [5, 5.41) is 16.1. The number of nitrogens with zero attached hydrogens (tertiary/aromatic N) is 4. The number of anilines is 2. The molecule has 0 bridgehead atoms. The third kappa shape index (κ3) is 6.87. The van der Waals surface area contributed by atoms with E-state index in [1.54, 1.807) is 45.0 Å². The van der Waals surface area contributed by atoms with E-state index in [1.807, 2.05) is 11.5 Å². The van der Waals surface area contributed by atoms with Crippen molar-refractivity contribution in [3.8, 4) is 11.3 Å². The second-order valence-electron chi connectivity index (χ2n) is 11.2. The number of hydrogen-bond donors (Lipinski definition) is 3. The first-order valence-corrected chi connectivity index (χ1v) is 13.8. The third-order valence-corrected chi connectivity index (χ3v) is 6.97. The van der Waals surface area contributed by atoms with Gasteiger partial charge in [-0.3, -0.25) is 14.5 Å². The Bertz CT molecular complexity index is 1450. The molecule has 1 aliphatic heterocycles. The lowest BCUT2D eigenvalue weighted by Crippen LogP contribution is -2.59. The SMILES string of the molecule is CCCNC(=O)C[C@@H](C(=O)N1CCn2c(nc(-c3cccc(F)c3)c2Nc2ccc(F)cc2)C1)N(C(=O)O)C(C)(C)C. The molecule has 0 fully saturated rings. The molecule has 3 aromatic rings. The molecule has 0 saturated heterocycles. The van der Waals surface area contributed by atoms with Crippen LogP contribution in [0.2, 0.25) is 0 Å². The Balaban J connectivity index is 1.69. The number of hydrogen-bond acceptors (Lipinski definition) is 5. The highest BCUT2D eigenvalue weighted by molar-refractivity contribution is 5.91. The van der Waals surface area contributed by atoms with Crippen LogP contribution in [0.25, 0.3) is 11.3 Å². The number of amides is 3. The van der Waals surface area contributed by atoms with E-state index in [4.69, 9.17) is 4.98 Å². The summed E-state index contributed by atoms with van der Waals surface area (Å²) in [6, 6.07) is 10.5. The van der Waals surface area contributed by atoms with Gasteiger partial charge in [0.25, 0.3) is 0 Å². The minimum atomic E-state index is -1.30. The number of carboxylic acid groups (broad SMARTS) is 1. The molecule has 0 saturated carbocycles. The maximum Gasteiger partial charge on any atom is 0.408 e. The molecule has 10 nitrogen and oxygen atoms in total. The summed E-state index contributed by atoms with van der Waals surface area (Å²) < 4.78 is 29.6. The van der Waals surface area contributed by atoms with Crippen molar-refractivity contribution in [2.45, 2.75) is 65.2 Å². The third-order valence-electron chi connectivity index (χ3n) is 6.97. The van der Waals surface area contributed by atoms with Crippen molar-refractivity contribution >= 4 is 29.4 Å². The lowest BCUT2D eigenvalue weighted by molar-refractivity contribution is -0.142. The van der Waals surface area contributed by atoms with E-state index in [-0.39, 0.29) is 25.3 Å². The lowest BCUT2D eigenvalue weighted by atomic mass is 10.00. The van der Waals surface area contributed by atoms with Crippen molar-refractivity contribution in [3.63, 3.8) is 0 Å². The van der Waals surface area contributed by atoms with Crippen molar-refractivity contribution < 1.29 is 28.3 Å². The number of nitrogens with one attached hydrogen (secondary N) is 2. The first-order valence-electron chi connectivity index (χ1n) is 13.8. The zero-order valence-corrected chi connectivity index (χ0v) is 24.2. The lowest BCUT2D eigenvalue weighted by Gasteiger charge is -2.41. The van der Waals surface area contributed by atoms with E-state index in [0.717, 1.165) is 4.90 Å². The Morgan fingerprint density at radius 2 is 1.79 bits per heavy atom. The Morgan fingerprint density at radius 1 is 1.07 bits per heavy atom. The fourth-order valence-electron chi connectivity index (χ4n) is 5.05. The fraction of sp³-hybridized carbons (Fsp3) is 0.400. The van der Waals surface area contributed by atoms with Crippen LogP contribution in [0.3, 0.4) is 0 Å². The Morgan fingerprint density at radius 3 is 2.40 bits per heavy atom. The van der Waals surface area contributed by atoms with Crippen LogP contribution in [0.1, 0.15) is 46.4 Å². The van der Waals surface area contributed by atoms with E-state index in [0.29, 0.717) is 48.1 Å². The number of carbonyl (C=O) groups excluding carboxylic acids is 2. The molecule has 2 aromatic carbocycles. The molecule has 0 radical (unpaired) electrons. The van der Waals surface area contributed by atoms with Gasteiger partial charge in [-0.15, -0.1) is 0 Å². The molecule has 4 rings (SSSR count). The normalized spacial score (nSPS) is 13.7. The molecule has 0 unspecified atom stereocenters. The smallest absolute Gasteiger partial charge is 0.408 e. The summed E-state index contributed by atoms with van der Waals surface area (Å²) in [4.78, 5) is 46.3. The molecule has 1 aromatic heterocycles. The molecule has 224 valence electrons. The van der Waals surface area contributed by atoms with Crippen molar-refractivity contribution in [2.24, 2.45) is 0 Å². The highest BCUT2D eigenvalue weighted by Gasteiger charge is 2.41. The summed E-state index contributed by atoms with van der Waals surface area (Å²) in [5.74, 6) is -0.712. The van der Waals surface area contributed by atoms with Gasteiger partial charge in [-0.2, -0.15) is 0 Å². The maximum absolute atomic E-state index is 14.2. The number of carbonyl (C=O) groups is 3. The van der Waals surface area contributed by atoms with Gasteiger partial charge in [0.15, 0.2) is 0 Å². The summed E-state index contributed by atoms with van der Waals surface area (Å²) >= 11 is 0. The van der Waals surface area contributed by atoms with Crippen molar-refractivity contribution in [1.82, 2.24) is 24.7 Å². The zero-order valence-electron chi connectivity index (χ0n) is 24.2. The first-order chi connectivity index (χ1) is 19.9. The van der Waals surface area contributed by atoms with Crippen LogP contribution in [0.15, 0.2) is 48.5 Å². The second kappa shape index (κ2) is 12.6. The van der Waals surface area contributed by atoms with Crippen LogP contribution < -0.4 is 10.6 Å². The Hall–Kier alpha value is -4.48. The van der Waals surface area contributed by atoms with Gasteiger partial charge in [0, 0.05) is 36.4 Å². The minimum Gasteiger partial charge on any atom is -0.465 e. The molecule has 1 aliphatic rings. The van der Waals surface area contributed by atoms with Crippen LogP contribution in [-0.2, 0) is 22.7 Å². The van der Waals surface area contributed by atoms with Gasteiger partial charge in [-0.25, -0.2) is 18.6 Å². The van der Waals surface area contributed by atoms with E-state index >= 15 is 0 Å². The molecular weight excluding hydrogens is 546 g/mol. The van der Waals surface area contributed by atoms with E-state index in [9.17, 15) is 28.3 Å². The van der Waals surface area contributed by atoms with E-state index < -0.39 is 35.3 Å². The molecule has 3 N–H and O–H groups in total. The van der Waals surface area contributed by atoms with Crippen molar-refractivity contribution in [2.75, 3.05) is 18.4 Å². The molecule has 12 heteroatoms. The number of imidazole rings is 1. The molecular formula is C30H36F2N6O4. The molecule has 0 spiro atoms. The molecule has 3 amide bonds. The summed E-state index contributed by atoms with van der Waals surface area (Å²) in [7, 11) is 0. The van der Waals surface area contributed by atoms with Crippen LogP contribution in [0.4, 0.5) is 25.1 Å². The monoisotopic (exact) mass is 582 g/mol. The topological polar surface area (TPSA) is 120 Å². The minimum absolute atomic E-state index is 0.0386. The average molecular weight is 583 g/mol. The molecule has 42 heavy (non-hydrogen) atoms. The Kier molecular flexibility index (Phi) is 9.13. The van der Waals surface area contributed by atoms with Crippen molar-refractivity contribution in [1.29, 1.82) is 0 Å². The quantitative estimate of drug-likeness (QED) is 0.328. The molecule has 1 atom stereocenters. The van der Waals surface area contributed by atoms with Crippen molar-refractivity contribution in [3.05, 3.63) is 66.0 Å². The van der Waals surface area contributed by atoms with E-state index in [1.165, 1.54) is 29.2 Å². The predicted molar refractivity (Wildman–Crippen MR) is 154 cm³/mol. The highest BCUT2D eigenvalue weighted by atomic mass is 19.1. The Labute approximate surface area is 243 Å². The average Bonchev–Trinajstić information content (AvgIpc) is 3.28. The van der Waals surface area contributed by atoms with Gasteiger partial charge >= 0.3 is 6.09 Å². The van der Waals surface area contributed by atoms with Crippen LogP contribution >= 0.6 is 0 Å². The van der Waals surface area contributed by atoms with E-state index in [2.05, 4.69) is 10.6 Å². The highest BCUT2D eigenvalue weighted by Crippen LogP contribution is 2.34. The van der Waals surface area contributed by atoms with Gasteiger partial charge < -0.3 is 25.2 Å². The zero-order chi connectivity index (χ0) is 30.6. The number of halogens is 2. The maximum atomic E-state index is 14.2. The standard InChI is InChI=1S/C30H36F2N6O4/c1-5-13-33-25(39)17-23(38(29(41)42)30(2,3)4)28(40)36-14-15-37-24(18-36)35-26(19-7-6-8-21(32)16-19)27(37)34-22-11-9-20(31)10-12-22/h6-12,16,23,34H,5,13-15,17-18H2,1-4H3,(H,33,39)(H,41,42)/t23-/m0/s1. The largest absolute Gasteiger partial charge is 0.465 e.